The number of hydrogen-bond donors (Lipinski definition) is 0. The maximum atomic E-state index is 13.1. The molecular formula is C23H28FNO4S. The van der Waals surface area contributed by atoms with Crippen molar-refractivity contribution in [3.05, 3.63) is 59.9 Å². The molecule has 0 atom stereocenters. The van der Waals surface area contributed by atoms with Crippen molar-refractivity contribution < 1.29 is 21.8 Å². The summed E-state index contributed by atoms with van der Waals surface area (Å²) < 4.78 is 43.2. The lowest BCUT2D eigenvalue weighted by Gasteiger charge is -2.27. The molecule has 162 valence electrons. The smallest absolute Gasteiger partial charge is 0.339 e. The minimum absolute atomic E-state index is 0.0969. The highest BCUT2D eigenvalue weighted by Gasteiger charge is 2.29. The standard InChI is InChI=1S/C23H28FNO4S/c1-23(2,3)14-22(26)25(15-17-7-8-17)16-18-5-4-6-20(13-18)29-30(27,28)21-11-9-19(24)10-12-21/h4-6,9-13,17H,7-8,14-16H2,1-3H3. The second-order valence-electron chi connectivity index (χ2n) is 9.09. The van der Waals surface area contributed by atoms with E-state index in [0.29, 0.717) is 25.4 Å². The molecule has 2 aromatic rings. The number of halogens is 1. The monoisotopic (exact) mass is 433 g/mol. The van der Waals surface area contributed by atoms with Gasteiger partial charge in [-0.3, -0.25) is 4.79 Å². The van der Waals surface area contributed by atoms with Gasteiger partial charge in [-0.25, -0.2) is 4.39 Å². The molecule has 0 radical (unpaired) electrons. The van der Waals surface area contributed by atoms with Crippen LogP contribution in [0.4, 0.5) is 4.39 Å². The molecule has 30 heavy (non-hydrogen) atoms. The minimum atomic E-state index is -4.07. The van der Waals surface area contributed by atoms with Gasteiger partial charge in [-0.05, 0) is 66.1 Å². The van der Waals surface area contributed by atoms with E-state index in [1.807, 2.05) is 31.7 Å². The van der Waals surface area contributed by atoms with Gasteiger partial charge in [0.15, 0.2) is 0 Å². The first-order valence-corrected chi connectivity index (χ1v) is 11.5. The van der Waals surface area contributed by atoms with Crippen LogP contribution in [0.3, 0.4) is 0 Å². The molecular weight excluding hydrogens is 405 g/mol. The van der Waals surface area contributed by atoms with Crippen molar-refractivity contribution in [3.8, 4) is 5.75 Å². The van der Waals surface area contributed by atoms with E-state index in [1.165, 1.54) is 0 Å². The summed E-state index contributed by atoms with van der Waals surface area (Å²) in [6.45, 7) is 7.23. The van der Waals surface area contributed by atoms with E-state index in [4.69, 9.17) is 4.18 Å². The zero-order valence-electron chi connectivity index (χ0n) is 17.6. The Bertz CT molecular complexity index is 993. The van der Waals surface area contributed by atoms with E-state index in [-0.39, 0.29) is 22.0 Å². The van der Waals surface area contributed by atoms with Crippen LogP contribution in [0.15, 0.2) is 53.4 Å². The fraction of sp³-hybridized carbons (Fsp3) is 0.435. The van der Waals surface area contributed by atoms with E-state index in [1.54, 1.807) is 18.2 Å². The molecule has 7 heteroatoms. The lowest BCUT2D eigenvalue weighted by molar-refractivity contribution is -0.134. The maximum absolute atomic E-state index is 13.1. The Labute approximate surface area is 178 Å². The van der Waals surface area contributed by atoms with Crippen molar-refractivity contribution >= 4 is 16.0 Å². The normalized spacial score (nSPS) is 14.4. The fourth-order valence-corrected chi connectivity index (χ4v) is 4.05. The van der Waals surface area contributed by atoms with Crippen molar-refractivity contribution in [3.63, 3.8) is 0 Å². The lowest BCUT2D eigenvalue weighted by atomic mass is 9.91. The Balaban J connectivity index is 1.74. The molecule has 1 fully saturated rings. The molecule has 0 bridgehead atoms. The Morgan fingerprint density at radius 1 is 1.13 bits per heavy atom. The molecule has 0 unspecified atom stereocenters. The SMILES string of the molecule is CC(C)(C)CC(=O)N(Cc1cccc(OS(=O)(=O)c2ccc(F)cc2)c1)CC1CC1. The third-order valence-corrected chi connectivity index (χ3v) is 6.05. The van der Waals surface area contributed by atoms with Crippen LogP contribution in [-0.4, -0.2) is 25.8 Å². The summed E-state index contributed by atoms with van der Waals surface area (Å²) in [6.07, 6.45) is 2.73. The molecule has 1 saturated carbocycles. The van der Waals surface area contributed by atoms with Gasteiger partial charge in [-0.1, -0.05) is 32.9 Å². The van der Waals surface area contributed by atoms with Gasteiger partial charge in [0.25, 0.3) is 0 Å². The summed E-state index contributed by atoms with van der Waals surface area (Å²) in [5.41, 5.74) is 0.692. The first-order chi connectivity index (χ1) is 14.0. The number of benzene rings is 2. The van der Waals surface area contributed by atoms with Gasteiger partial charge >= 0.3 is 10.1 Å². The lowest BCUT2D eigenvalue weighted by Crippen LogP contribution is -2.34. The Hall–Kier alpha value is -2.41. The fourth-order valence-electron chi connectivity index (χ4n) is 3.12. The van der Waals surface area contributed by atoms with Crippen LogP contribution in [-0.2, 0) is 21.5 Å². The van der Waals surface area contributed by atoms with Crippen LogP contribution in [0.5, 0.6) is 5.75 Å². The van der Waals surface area contributed by atoms with E-state index in [9.17, 15) is 17.6 Å². The average molecular weight is 434 g/mol. The molecule has 3 rings (SSSR count). The zero-order chi connectivity index (χ0) is 21.9. The third-order valence-electron chi connectivity index (χ3n) is 4.79. The number of carbonyl (C=O) groups is 1. The molecule has 1 amide bonds. The summed E-state index contributed by atoms with van der Waals surface area (Å²) in [7, 11) is -4.07. The third kappa shape index (κ3) is 6.55. The Kier molecular flexibility index (Phi) is 6.50. The summed E-state index contributed by atoms with van der Waals surface area (Å²) >= 11 is 0. The summed E-state index contributed by atoms with van der Waals surface area (Å²) in [4.78, 5) is 14.6. The van der Waals surface area contributed by atoms with Gasteiger partial charge in [-0.2, -0.15) is 8.42 Å². The molecule has 0 N–H and O–H groups in total. The molecule has 5 nitrogen and oxygen atoms in total. The number of rotatable bonds is 8. The second kappa shape index (κ2) is 8.76. The number of amides is 1. The van der Waals surface area contributed by atoms with Gasteiger partial charge in [0.2, 0.25) is 5.91 Å². The van der Waals surface area contributed by atoms with E-state index < -0.39 is 15.9 Å². The largest absolute Gasteiger partial charge is 0.379 e. The molecule has 0 spiro atoms. The van der Waals surface area contributed by atoms with Crippen LogP contribution in [0, 0.1) is 17.2 Å². The number of hydrogen-bond acceptors (Lipinski definition) is 4. The van der Waals surface area contributed by atoms with Crippen molar-refractivity contribution in [2.75, 3.05) is 6.54 Å². The minimum Gasteiger partial charge on any atom is -0.379 e. The molecule has 2 aromatic carbocycles. The van der Waals surface area contributed by atoms with Gasteiger partial charge in [0, 0.05) is 19.5 Å². The zero-order valence-corrected chi connectivity index (χ0v) is 18.4. The van der Waals surface area contributed by atoms with Crippen LogP contribution in [0.2, 0.25) is 0 Å². The van der Waals surface area contributed by atoms with Crippen LogP contribution in [0.25, 0.3) is 0 Å². The second-order valence-corrected chi connectivity index (χ2v) is 10.6. The van der Waals surface area contributed by atoms with E-state index in [0.717, 1.165) is 42.7 Å². The summed E-state index contributed by atoms with van der Waals surface area (Å²) in [5, 5.41) is 0. The van der Waals surface area contributed by atoms with E-state index >= 15 is 0 Å². The topological polar surface area (TPSA) is 63.7 Å². The van der Waals surface area contributed by atoms with Crippen molar-refractivity contribution in [2.24, 2.45) is 11.3 Å². The molecule has 0 heterocycles. The summed E-state index contributed by atoms with van der Waals surface area (Å²) in [6, 6.07) is 11.2. The molecule has 1 aliphatic rings. The highest BCUT2D eigenvalue weighted by molar-refractivity contribution is 7.87. The Morgan fingerprint density at radius 3 is 2.40 bits per heavy atom. The van der Waals surface area contributed by atoms with Crippen LogP contribution >= 0.6 is 0 Å². The predicted octanol–water partition coefficient (Wildman–Crippen LogP) is 4.77. The number of nitrogens with zero attached hydrogens (tertiary/aromatic N) is 1. The Morgan fingerprint density at radius 2 is 1.80 bits per heavy atom. The maximum Gasteiger partial charge on any atom is 0.339 e. The molecule has 0 aromatic heterocycles. The van der Waals surface area contributed by atoms with Crippen LogP contribution in [0.1, 0.15) is 45.6 Å². The highest BCUT2D eigenvalue weighted by atomic mass is 32.2. The highest BCUT2D eigenvalue weighted by Crippen LogP contribution is 2.31. The van der Waals surface area contributed by atoms with Crippen LogP contribution < -0.4 is 4.18 Å². The number of carbonyl (C=O) groups excluding carboxylic acids is 1. The molecule has 1 aliphatic carbocycles. The van der Waals surface area contributed by atoms with Gasteiger partial charge in [0.05, 0.1) is 0 Å². The van der Waals surface area contributed by atoms with E-state index in [2.05, 4.69) is 0 Å². The predicted molar refractivity (Wildman–Crippen MR) is 113 cm³/mol. The summed E-state index contributed by atoms with van der Waals surface area (Å²) in [5.74, 6) is 0.282. The van der Waals surface area contributed by atoms with Crippen molar-refractivity contribution in [2.45, 2.75) is 51.5 Å². The quantitative estimate of drug-likeness (QED) is 0.563. The van der Waals surface area contributed by atoms with Gasteiger partial charge in [0.1, 0.15) is 16.5 Å². The van der Waals surface area contributed by atoms with Gasteiger partial charge in [-0.15, -0.1) is 0 Å². The van der Waals surface area contributed by atoms with Crippen molar-refractivity contribution in [1.29, 1.82) is 0 Å². The average Bonchev–Trinajstić information content (AvgIpc) is 3.44. The first kappa shape index (κ1) is 22.3. The molecule has 0 aliphatic heterocycles. The van der Waals surface area contributed by atoms with Gasteiger partial charge < -0.3 is 9.08 Å². The first-order valence-electron chi connectivity index (χ1n) is 10.1. The molecule has 0 saturated heterocycles. The van der Waals surface area contributed by atoms with Crippen molar-refractivity contribution in [1.82, 2.24) is 4.90 Å².